The van der Waals surface area contributed by atoms with Gasteiger partial charge in [0.05, 0.1) is 17.2 Å². The maximum atomic E-state index is 10.7. The van der Waals surface area contributed by atoms with Crippen LogP contribution in [0.25, 0.3) is 0 Å². The van der Waals surface area contributed by atoms with Gasteiger partial charge in [0.1, 0.15) is 5.82 Å². The van der Waals surface area contributed by atoms with Crippen molar-refractivity contribution in [2.45, 2.75) is 6.92 Å². The van der Waals surface area contributed by atoms with Crippen LogP contribution in [0.2, 0.25) is 0 Å². The zero-order valence-electron chi connectivity index (χ0n) is 7.27. The number of hydrogen-bond donors (Lipinski definition) is 1. The fourth-order valence-electron chi connectivity index (χ4n) is 0.952. The number of carbonyl (C=O) groups is 1. The van der Waals surface area contributed by atoms with Gasteiger partial charge in [-0.3, -0.25) is 14.9 Å². The van der Waals surface area contributed by atoms with Crippen molar-refractivity contribution in [2.75, 3.05) is 5.32 Å². The molecule has 1 N–H and O–H groups in total. The van der Waals surface area contributed by atoms with Gasteiger partial charge in [-0.15, -0.1) is 0 Å². The fourth-order valence-corrected chi connectivity index (χ4v) is 0.952. The Labute approximate surface area is 74.3 Å². The van der Waals surface area contributed by atoms with Crippen molar-refractivity contribution in [3.63, 3.8) is 0 Å². The predicted molar refractivity (Wildman–Crippen MR) is 46.4 cm³/mol. The summed E-state index contributed by atoms with van der Waals surface area (Å²) in [7, 11) is 1.62. The van der Waals surface area contributed by atoms with Crippen molar-refractivity contribution in [2.24, 2.45) is 7.05 Å². The molecule has 1 aromatic rings. The van der Waals surface area contributed by atoms with Crippen LogP contribution < -0.4 is 5.32 Å². The number of nitro groups is 1. The first kappa shape index (κ1) is 9.24. The van der Waals surface area contributed by atoms with Crippen LogP contribution in [0.15, 0.2) is 12.3 Å². The summed E-state index contributed by atoms with van der Waals surface area (Å²) in [6.07, 6.45) is 1.34. The molecule has 6 nitrogen and oxygen atoms in total. The van der Waals surface area contributed by atoms with Crippen molar-refractivity contribution in [3.05, 3.63) is 22.4 Å². The molecule has 1 heterocycles. The number of anilines is 1. The van der Waals surface area contributed by atoms with E-state index in [4.69, 9.17) is 0 Å². The summed E-state index contributed by atoms with van der Waals surface area (Å²) in [5, 5.41) is 12.8. The number of hydrogen-bond acceptors (Lipinski definition) is 3. The standard InChI is InChI=1S/C7H9N3O3/c1-5(11)8-7-3-6(10(12)13)4-9(7)2/h3-4H,1-2H3,(H,8,11). The molecular formula is C7H9N3O3. The van der Waals surface area contributed by atoms with Gasteiger partial charge in [-0.1, -0.05) is 0 Å². The third-order valence-corrected chi connectivity index (χ3v) is 1.51. The van der Waals surface area contributed by atoms with E-state index in [9.17, 15) is 14.9 Å². The number of aromatic nitrogens is 1. The molecule has 0 unspecified atom stereocenters. The molecule has 6 heteroatoms. The fraction of sp³-hybridized carbons (Fsp3) is 0.286. The van der Waals surface area contributed by atoms with Crippen LogP contribution in [0.1, 0.15) is 6.92 Å². The minimum atomic E-state index is -0.509. The van der Waals surface area contributed by atoms with E-state index in [0.717, 1.165) is 0 Å². The molecule has 0 saturated carbocycles. The highest BCUT2D eigenvalue weighted by molar-refractivity contribution is 5.88. The van der Waals surface area contributed by atoms with Gasteiger partial charge in [-0.05, 0) is 0 Å². The molecule has 0 atom stereocenters. The molecule has 1 amide bonds. The lowest BCUT2D eigenvalue weighted by Crippen LogP contribution is -2.08. The van der Waals surface area contributed by atoms with Gasteiger partial charge in [0.25, 0.3) is 5.69 Å². The normalized spacial score (nSPS) is 9.69. The monoisotopic (exact) mass is 183 g/mol. The largest absolute Gasteiger partial charge is 0.331 e. The number of nitrogens with zero attached hydrogens (tertiary/aromatic N) is 2. The molecule has 0 saturated heterocycles. The first-order chi connectivity index (χ1) is 6.00. The molecule has 0 spiro atoms. The average molecular weight is 183 g/mol. The Hall–Kier alpha value is -1.85. The van der Waals surface area contributed by atoms with Crippen LogP contribution in [0.4, 0.5) is 11.5 Å². The van der Waals surface area contributed by atoms with Crippen molar-refractivity contribution < 1.29 is 9.72 Å². The third-order valence-electron chi connectivity index (χ3n) is 1.51. The summed E-state index contributed by atoms with van der Waals surface area (Å²) in [4.78, 5) is 20.5. The van der Waals surface area contributed by atoms with Gasteiger partial charge in [0.2, 0.25) is 5.91 Å². The lowest BCUT2D eigenvalue weighted by molar-refractivity contribution is -0.384. The molecule has 0 aliphatic rings. The van der Waals surface area contributed by atoms with E-state index in [2.05, 4.69) is 5.32 Å². The smallest absolute Gasteiger partial charge is 0.289 e. The highest BCUT2D eigenvalue weighted by atomic mass is 16.6. The predicted octanol–water partition coefficient (Wildman–Crippen LogP) is 0.892. The quantitative estimate of drug-likeness (QED) is 0.546. The minimum Gasteiger partial charge on any atom is -0.331 e. The number of amides is 1. The highest BCUT2D eigenvalue weighted by Crippen LogP contribution is 2.18. The maximum Gasteiger partial charge on any atom is 0.289 e. The first-order valence-electron chi connectivity index (χ1n) is 3.59. The summed E-state index contributed by atoms with van der Waals surface area (Å²) in [5.74, 6) is 0.162. The summed E-state index contributed by atoms with van der Waals surface area (Å²) in [5.41, 5.74) is -0.0359. The van der Waals surface area contributed by atoms with Crippen molar-refractivity contribution in [1.82, 2.24) is 4.57 Å². The van der Waals surface area contributed by atoms with Crippen LogP contribution >= 0.6 is 0 Å². The van der Waals surface area contributed by atoms with Gasteiger partial charge in [0.15, 0.2) is 0 Å². The van der Waals surface area contributed by atoms with Crippen molar-refractivity contribution >= 4 is 17.4 Å². The van der Waals surface area contributed by atoms with Gasteiger partial charge in [0, 0.05) is 14.0 Å². The third kappa shape index (κ3) is 2.05. The second-order valence-electron chi connectivity index (χ2n) is 2.63. The second-order valence-corrected chi connectivity index (χ2v) is 2.63. The zero-order chi connectivity index (χ0) is 10.0. The molecule has 0 fully saturated rings. The molecule has 1 aromatic heterocycles. The minimum absolute atomic E-state index is 0.0359. The van der Waals surface area contributed by atoms with Crippen LogP contribution in [0.5, 0.6) is 0 Å². The van der Waals surface area contributed by atoms with E-state index in [1.165, 1.54) is 23.8 Å². The SMILES string of the molecule is CC(=O)Nc1cc([N+](=O)[O-])cn1C. The van der Waals surface area contributed by atoms with E-state index in [1.807, 2.05) is 0 Å². The lowest BCUT2D eigenvalue weighted by Gasteiger charge is -2.00. The molecule has 1 rings (SSSR count). The average Bonchev–Trinajstić information content (AvgIpc) is 2.31. The highest BCUT2D eigenvalue weighted by Gasteiger charge is 2.11. The summed E-state index contributed by atoms with van der Waals surface area (Å²) in [6, 6.07) is 1.31. The number of rotatable bonds is 2. The zero-order valence-corrected chi connectivity index (χ0v) is 7.27. The molecule has 0 bridgehead atoms. The topological polar surface area (TPSA) is 77.2 Å². The Morgan fingerprint density at radius 1 is 1.69 bits per heavy atom. The first-order valence-corrected chi connectivity index (χ1v) is 3.59. The van der Waals surface area contributed by atoms with Crippen LogP contribution in [-0.2, 0) is 11.8 Å². The summed E-state index contributed by atoms with van der Waals surface area (Å²) >= 11 is 0. The maximum absolute atomic E-state index is 10.7. The van der Waals surface area contributed by atoms with E-state index in [-0.39, 0.29) is 11.6 Å². The van der Waals surface area contributed by atoms with E-state index in [1.54, 1.807) is 7.05 Å². The number of aryl methyl sites for hydroxylation is 1. The molecule has 70 valence electrons. The molecule has 0 aliphatic heterocycles. The molecule has 0 radical (unpaired) electrons. The molecular weight excluding hydrogens is 174 g/mol. The van der Waals surface area contributed by atoms with Crippen molar-refractivity contribution in [1.29, 1.82) is 0 Å². The Morgan fingerprint density at radius 2 is 2.31 bits per heavy atom. The lowest BCUT2D eigenvalue weighted by atomic mass is 10.5. The van der Waals surface area contributed by atoms with E-state index in [0.29, 0.717) is 5.82 Å². The van der Waals surface area contributed by atoms with Gasteiger partial charge >= 0.3 is 0 Å². The molecule has 13 heavy (non-hydrogen) atoms. The second kappa shape index (κ2) is 3.26. The summed E-state index contributed by atoms with van der Waals surface area (Å²) < 4.78 is 1.49. The Kier molecular flexibility index (Phi) is 2.32. The summed E-state index contributed by atoms with van der Waals surface area (Å²) in [6.45, 7) is 1.35. The van der Waals surface area contributed by atoms with Gasteiger partial charge in [-0.2, -0.15) is 0 Å². The number of carbonyl (C=O) groups excluding carboxylic acids is 1. The van der Waals surface area contributed by atoms with Crippen LogP contribution in [-0.4, -0.2) is 15.4 Å². The van der Waals surface area contributed by atoms with Crippen LogP contribution in [0.3, 0.4) is 0 Å². The van der Waals surface area contributed by atoms with E-state index >= 15 is 0 Å². The molecule has 0 aromatic carbocycles. The van der Waals surface area contributed by atoms with Crippen LogP contribution in [0, 0.1) is 10.1 Å². The molecule has 0 aliphatic carbocycles. The van der Waals surface area contributed by atoms with Gasteiger partial charge < -0.3 is 9.88 Å². The van der Waals surface area contributed by atoms with Gasteiger partial charge in [-0.25, -0.2) is 0 Å². The Balaban J connectivity index is 2.96. The van der Waals surface area contributed by atoms with Crippen molar-refractivity contribution in [3.8, 4) is 0 Å². The van der Waals surface area contributed by atoms with E-state index < -0.39 is 4.92 Å². The Bertz CT molecular complexity index is 356. The number of nitrogens with one attached hydrogen (secondary N) is 1. The Morgan fingerprint density at radius 3 is 2.69 bits per heavy atom.